The lowest BCUT2D eigenvalue weighted by molar-refractivity contribution is 0.504. The standard InChI is InChI=1S/C28H33Cl/c1-2-3-4-5-6-16-23-27(29)28(24-17-10-7-11-18-24,25-19-12-8-13-20-25)26-21-14-9-15-22-26/h7-15,17-22,27H,2-6,16,23H2,1H3. The summed E-state index contributed by atoms with van der Waals surface area (Å²) in [6.07, 6.45) is 8.72. The molecule has 0 amide bonds. The Bertz CT molecular complexity index is 714. The van der Waals surface area contributed by atoms with Crippen molar-refractivity contribution in [2.45, 2.75) is 62.7 Å². The number of halogens is 1. The summed E-state index contributed by atoms with van der Waals surface area (Å²) in [4.78, 5) is 0. The van der Waals surface area contributed by atoms with Crippen molar-refractivity contribution in [2.24, 2.45) is 0 Å². The molecule has 0 aliphatic rings. The average Bonchev–Trinajstić information content (AvgIpc) is 2.79. The van der Waals surface area contributed by atoms with E-state index in [-0.39, 0.29) is 10.8 Å². The molecular formula is C28H33Cl. The molecule has 0 fully saturated rings. The Kier molecular flexibility index (Phi) is 8.38. The first kappa shape index (κ1) is 21.7. The zero-order valence-corrected chi connectivity index (χ0v) is 18.3. The Hall–Kier alpha value is -2.05. The minimum Gasteiger partial charge on any atom is -0.121 e. The van der Waals surface area contributed by atoms with Crippen LogP contribution in [0.4, 0.5) is 0 Å². The van der Waals surface area contributed by atoms with E-state index in [4.69, 9.17) is 11.6 Å². The average molecular weight is 405 g/mol. The van der Waals surface area contributed by atoms with E-state index in [1.54, 1.807) is 0 Å². The first-order valence-electron chi connectivity index (χ1n) is 11.1. The van der Waals surface area contributed by atoms with E-state index in [0.717, 1.165) is 6.42 Å². The summed E-state index contributed by atoms with van der Waals surface area (Å²) in [7, 11) is 0. The van der Waals surface area contributed by atoms with Gasteiger partial charge in [0.2, 0.25) is 0 Å². The molecule has 0 saturated carbocycles. The van der Waals surface area contributed by atoms with Gasteiger partial charge in [0.05, 0.1) is 10.8 Å². The number of hydrogen-bond donors (Lipinski definition) is 0. The molecule has 0 nitrogen and oxygen atoms in total. The van der Waals surface area contributed by atoms with Crippen molar-refractivity contribution in [3.8, 4) is 0 Å². The summed E-state index contributed by atoms with van der Waals surface area (Å²) < 4.78 is 0. The monoisotopic (exact) mass is 404 g/mol. The molecule has 0 heterocycles. The molecule has 0 spiro atoms. The van der Waals surface area contributed by atoms with Crippen molar-refractivity contribution < 1.29 is 0 Å². The van der Waals surface area contributed by atoms with Crippen LogP contribution in [0, 0.1) is 0 Å². The van der Waals surface area contributed by atoms with Crippen LogP contribution in [0.25, 0.3) is 0 Å². The van der Waals surface area contributed by atoms with Crippen LogP contribution >= 0.6 is 11.6 Å². The third-order valence-corrected chi connectivity index (χ3v) is 6.51. The van der Waals surface area contributed by atoms with E-state index in [1.165, 1.54) is 55.2 Å². The molecule has 0 saturated heterocycles. The Balaban J connectivity index is 1.98. The first-order chi connectivity index (χ1) is 14.3. The predicted molar refractivity (Wildman–Crippen MR) is 127 cm³/mol. The molecule has 0 aliphatic heterocycles. The van der Waals surface area contributed by atoms with Gasteiger partial charge in [0.15, 0.2) is 0 Å². The van der Waals surface area contributed by atoms with E-state index in [1.807, 2.05) is 0 Å². The van der Waals surface area contributed by atoms with Crippen LogP contribution in [0.3, 0.4) is 0 Å². The second kappa shape index (κ2) is 11.2. The van der Waals surface area contributed by atoms with Gasteiger partial charge in [-0.05, 0) is 23.1 Å². The predicted octanol–water partition coefficient (Wildman–Crippen LogP) is 8.38. The maximum absolute atomic E-state index is 7.35. The van der Waals surface area contributed by atoms with E-state index in [2.05, 4.69) is 97.9 Å². The molecule has 3 aromatic carbocycles. The van der Waals surface area contributed by atoms with Crippen LogP contribution in [-0.2, 0) is 5.41 Å². The smallest absolute Gasteiger partial charge is 0.0614 e. The van der Waals surface area contributed by atoms with Gasteiger partial charge in [0.1, 0.15) is 0 Å². The number of unbranched alkanes of at least 4 members (excludes halogenated alkanes) is 5. The topological polar surface area (TPSA) is 0 Å². The zero-order valence-electron chi connectivity index (χ0n) is 17.6. The van der Waals surface area contributed by atoms with Crippen LogP contribution in [0.15, 0.2) is 91.0 Å². The molecule has 0 N–H and O–H groups in total. The molecular weight excluding hydrogens is 372 g/mol. The van der Waals surface area contributed by atoms with Crippen LogP contribution < -0.4 is 0 Å². The zero-order chi connectivity index (χ0) is 20.4. The first-order valence-corrected chi connectivity index (χ1v) is 11.5. The van der Waals surface area contributed by atoms with Crippen LogP contribution in [0.5, 0.6) is 0 Å². The quantitative estimate of drug-likeness (QED) is 0.171. The van der Waals surface area contributed by atoms with Gasteiger partial charge < -0.3 is 0 Å². The van der Waals surface area contributed by atoms with E-state index >= 15 is 0 Å². The summed E-state index contributed by atoms with van der Waals surface area (Å²) in [6, 6.07) is 32.4. The fourth-order valence-corrected chi connectivity index (χ4v) is 5.00. The van der Waals surface area contributed by atoms with Gasteiger partial charge in [-0.2, -0.15) is 0 Å². The van der Waals surface area contributed by atoms with E-state index in [0.29, 0.717) is 0 Å². The van der Waals surface area contributed by atoms with E-state index in [9.17, 15) is 0 Å². The molecule has 1 atom stereocenters. The summed E-state index contributed by atoms with van der Waals surface area (Å²) >= 11 is 7.35. The van der Waals surface area contributed by atoms with Gasteiger partial charge in [-0.25, -0.2) is 0 Å². The highest BCUT2D eigenvalue weighted by Gasteiger charge is 2.42. The molecule has 0 bridgehead atoms. The maximum Gasteiger partial charge on any atom is 0.0614 e. The summed E-state index contributed by atoms with van der Waals surface area (Å²) in [5.74, 6) is 0. The number of rotatable bonds is 11. The third kappa shape index (κ3) is 5.11. The second-order valence-electron chi connectivity index (χ2n) is 7.93. The molecule has 1 heteroatoms. The fraction of sp³-hybridized carbons (Fsp3) is 0.357. The number of alkyl halides is 1. The maximum atomic E-state index is 7.35. The Morgan fingerprint density at radius 2 is 0.966 bits per heavy atom. The Morgan fingerprint density at radius 1 is 0.586 bits per heavy atom. The lowest BCUT2D eigenvalue weighted by atomic mass is 9.66. The van der Waals surface area contributed by atoms with Crippen molar-refractivity contribution in [1.29, 1.82) is 0 Å². The number of hydrogen-bond acceptors (Lipinski definition) is 0. The molecule has 29 heavy (non-hydrogen) atoms. The van der Waals surface area contributed by atoms with E-state index < -0.39 is 0 Å². The number of benzene rings is 3. The van der Waals surface area contributed by atoms with Crippen LogP contribution in [-0.4, -0.2) is 5.38 Å². The lowest BCUT2D eigenvalue weighted by Crippen LogP contribution is -2.39. The fourth-order valence-electron chi connectivity index (χ4n) is 4.47. The molecule has 152 valence electrons. The Labute approximate surface area is 181 Å². The van der Waals surface area contributed by atoms with Gasteiger partial charge in [0, 0.05) is 0 Å². The molecule has 0 aromatic heterocycles. The highest BCUT2D eigenvalue weighted by atomic mass is 35.5. The van der Waals surface area contributed by atoms with Crippen molar-refractivity contribution in [3.63, 3.8) is 0 Å². The molecule has 0 radical (unpaired) electrons. The largest absolute Gasteiger partial charge is 0.121 e. The van der Waals surface area contributed by atoms with Gasteiger partial charge in [-0.15, -0.1) is 11.6 Å². The third-order valence-electron chi connectivity index (χ3n) is 5.97. The summed E-state index contributed by atoms with van der Waals surface area (Å²) in [5, 5.41) is -0.0131. The Morgan fingerprint density at radius 3 is 1.38 bits per heavy atom. The summed E-state index contributed by atoms with van der Waals surface area (Å²) in [6.45, 7) is 2.27. The van der Waals surface area contributed by atoms with Gasteiger partial charge in [-0.3, -0.25) is 0 Å². The molecule has 3 rings (SSSR count). The molecule has 0 aliphatic carbocycles. The van der Waals surface area contributed by atoms with Gasteiger partial charge >= 0.3 is 0 Å². The normalized spacial score (nSPS) is 12.6. The minimum atomic E-state index is -0.352. The molecule has 3 aromatic rings. The SMILES string of the molecule is CCCCCCCCC(Cl)C(c1ccccc1)(c1ccccc1)c1ccccc1. The van der Waals surface area contributed by atoms with Crippen molar-refractivity contribution in [2.75, 3.05) is 0 Å². The van der Waals surface area contributed by atoms with Crippen molar-refractivity contribution >= 4 is 11.6 Å². The summed E-state index contributed by atoms with van der Waals surface area (Å²) in [5.41, 5.74) is 3.45. The minimum absolute atomic E-state index is 0.0131. The highest BCUT2D eigenvalue weighted by molar-refractivity contribution is 6.22. The van der Waals surface area contributed by atoms with Crippen LogP contribution in [0.1, 0.15) is 68.6 Å². The molecule has 1 unspecified atom stereocenters. The van der Waals surface area contributed by atoms with Crippen LogP contribution in [0.2, 0.25) is 0 Å². The lowest BCUT2D eigenvalue weighted by Gasteiger charge is -2.40. The van der Waals surface area contributed by atoms with Crippen molar-refractivity contribution in [1.82, 2.24) is 0 Å². The second-order valence-corrected chi connectivity index (χ2v) is 8.46. The highest BCUT2D eigenvalue weighted by Crippen LogP contribution is 2.46. The van der Waals surface area contributed by atoms with Gasteiger partial charge in [-0.1, -0.05) is 136 Å². The van der Waals surface area contributed by atoms with Crippen molar-refractivity contribution in [3.05, 3.63) is 108 Å². The van der Waals surface area contributed by atoms with Gasteiger partial charge in [0.25, 0.3) is 0 Å².